The van der Waals surface area contributed by atoms with E-state index in [0.717, 1.165) is 23.1 Å². The number of hydrogen-bond acceptors (Lipinski definition) is 4. The summed E-state index contributed by atoms with van der Waals surface area (Å²) in [5.41, 5.74) is 1.42. The maximum Gasteiger partial charge on any atom is 0.408 e. The lowest BCUT2D eigenvalue weighted by molar-refractivity contribution is -0.150. The molecule has 2 aromatic rings. The van der Waals surface area contributed by atoms with Gasteiger partial charge in [-0.3, -0.25) is 9.59 Å². The monoisotopic (exact) mass is 551 g/mol. The molecule has 3 unspecified atom stereocenters. The second-order valence-corrected chi connectivity index (χ2v) is 12.1. The number of amides is 3. The number of carbonyl (C=O) groups excluding carboxylic acids is 3. The van der Waals surface area contributed by atoms with Gasteiger partial charge >= 0.3 is 6.09 Å². The molecule has 0 aliphatic heterocycles. The Morgan fingerprint density at radius 2 is 1.48 bits per heavy atom. The second kappa shape index (κ2) is 14.3. The third kappa shape index (κ3) is 9.10. The van der Waals surface area contributed by atoms with E-state index in [2.05, 4.69) is 17.6 Å². The fourth-order valence-corrected chi connectivity index (χ4v) is 4.45. The van der Waals surface area contributed by atoms with E-state index in [1.54, 1.807) is 25.7 Å². The lowest BCUT2D eigenvalue weighted by atomic mass is 9.89. The van der Waals surface area contributed by atoms with Crippen LogP contribution in [0.4, 0.5) is 4.79 Å². The van der Waals surface area contributed by atoms with Crippen LogP contribution in [0.15, 0.2) is 54.6 Å². The predicted octanol–water partition coefficient (Wildman–Crippen LogP) is 6.56. The molecule has 0 spiro atoms. The highest BCUT2D eigenvalue weighted by molar-refractivity contribution is 5.92. The summed E-state index contributed by atoms with van der Waals surface area (Å²) in [5.74, 6) is -0.777. The Morgan fingerprint density at radius 3 is 1.98 bits per heavy atom. The van der Waals surface area contributed by atoms with E-state index >= 15 is 0 Å². The van der Waals surface area contributed by atoms with E-state index in [1.165, 1.54) is 0 Å². The van der Waals surface area contributed by atoms with E-state index in [1.807, 2.05) is 89.2 Å². The van der Waals surface area contributed by atoms with Crippen molar-refractivity contribution < 1.29 is 19.1 Å². The van der Waals surface area contributed by atoms with Crippen molar-refractivity contribution in [3.05, 3.63) is 71.3 Å². The van der Waals surface area contributed by atoms with Crippen LogP contribution < -0.4 is 10.6 Å². The molecule has 2 N–H and O–H groups in total. The average molecular weight is 552 g/mol. The fraction of sp³-hybridized carbons (Fsp3) is 0.545. The molecule has 0 aliphatic carbocycles. The molecule has 7 nitrogen and oxygen atoms in total. The molecule has 2 rings (SSSR count). The predicted molar refractivity (Wildman–Crippen MR) is 161 cm³/mol. The minimum Gasteiger partial charge on any atom is -0.444 e. The van der Waals surface area contributed by atoms with Crippen LogP contribution in [0.5, 0.6) is 0 Å². The van der Waals surface area contributed by atoms with Gasteiger partial charge in [0.25, 0.3) is 0 Å². The topological polar surface area (TPSA) is 87.7 Å². The largest absolute Gasteiger partial charge is 0.444 e. The third-order valence-electron chi connectivity index (χ3n) is 7.43. The van der Waals surface area contributed by atoms with Crippen LogP contribution in [0.1, 0.15) is 97.9 Å². The molecule has 2 aromatic carbocycles. The molecule has 0 saturated heterocycles. The van der Waals surface area contributed by atoms with Crippen molar-refractivity contribution in [2.45, 2.75) is 111 Å². The first-order valence-corrected chi connectivity index (χ1v) is 14.5. The van der Waals surface area contributed by atoms with Crippen LogP contribution in [0.3, 0.4) is 0 Å². The standard InChI is InChI=1S/C33H49N3O4/c1-10-23(4)27(35-31(39)40-32(5,6)7)30(38)36(33(8,9)12-3)28(26-20-18-24(11-2)19-21-26)29(37)34-22-25-16-14-13-15-17-25/h13-21,23,27-28H,10-12,22H2,1-9H3,(H,34,37)(H,35,39). The molecule has 0 bridgehead atoms. The van der Waals surface area contributed by atoms with Crippen molar-refractivity contribution >= 4 is 17.9 Å². The number of carbonyl (C=O) groups is 3. The summed E-state index contributed by atoms with van der Waals surface area (Å²) >= 11 is 0. The number of benzene rings is 2. The van der Waals surface area contributed by atoms with Gasteiger partial charge in [-0.25, -0.2) is 4.79 Å². The summed E-state index contributed by atoms with van der Waals surface area (Å²) in [5, 5.41) is 5.90. The zero-order valence-corrected chi connectivity index (χ0v) is 25.8. The van der Waals surface area contributed by atoms with Crippen LogP contribution in [-0.2, 0) is 27.3 Å². The number of alkyl carbamates (subject to hydrolysis) is 1. The second-order valence-electron chi connectivity index (χ2n) is 12.1. The molecular formula is C33H49N3O4. The first-order valence-electron chi connectivity index (χ1n) is 14.5. The lowest BCUT2D eigenvalue weighted by Crippen LogP contribution is -2.60. The molecular weight excluding hydrogens is 502 g/mol. The average Bonchev–Trinajstić information content (AvgIpc) is 2.92. The van der Waals surface area contributed by atoms with Crippen molar-refractivity contribution in [3.63, 3.8) is 0 Å². The van der Waals surface area contributed by atoms with Gasteiger partial charge in [0.15, 0.2) is 0 Å². The van der Waals surface area contributed by atoms with Crippen LogP contribution in [0.25, 0.3) is 0 Å². The van der Waals surface area contributed by atoms with Crippen LogP contribution in [0.2, 0.25) is 0 Å². The van der Waals surface area contributed by atoms with Gasteiger partial charge in [-0.2, -0.15) is 0 Å². The van der Waals surface area contributed by atoms with Crippen molar-refractivity contribution in [1.29, 1.82) is 0 Å². The molecule has 3 amide bonds. The summed E-state index contributed by atoms with van der Waals surface area (Å²) in [4.78, 5) is 43.1. The van der Waals surface area contributed by atoms with Gasteiger partial charge in [0, 0.05) is 12.1 Å². The minimum atomic E-state index is -0.899. The summed E-state index contributed by atoms with van der Waals surface area (Å²) in [6.45, 7) is 17.6. The molecule has 0 fully saturated rings. The van der Waals surface area contributed by atoms with Crippen molar-refractivity contribution in [2.75, 3.05) is 0 Å². The van der Waals surface area contributed by atoms with Gasteiger partial charge in [-0.05, 0) is 70.1 Å². The number of aryl methyl sites for hydroxylation is 1. The molecule has 0 aromatic heterocycles. The number of ether oxygens (including phenoxy) is 1. The van der Waals surface area contributed by atoms with Crippen LogP contribution in [0, 0.1) is 5.92 Å². The lowest BCUT2D eigenvalue weighted by Gasteiger charge is -2.45. The quantitative estimate of drug-likeness (QED) is 0.313. The summed E-state index contributed by atoms with van der Waals surface area (Å²) in [6, 6.07) is 15.8. The molecule has 3 atom stereocenters. The Labute approximate surface area is 241 Å². The fourth-order valence-electron chi connectivity index (χ4n) is 4.45. The van der Waals surface area contributed by atoms with E-state index < -0.39 is 29.3 Å². The number of nitrogens with one attached hydrogen (secondary N) is 2. The summed E-state index contributed by atoms with van der Waals surface area (Å²) in [7, 11) is 0. The normalized spacial score (nSPS) is 14.0. The Balaban J connectivity index is 2.59. The van der Waals surface area contributed by atoms with E-state index in [9.17, 15) is 14.4 Å². The maximum absolute atomic E-state index is 14.5. The molecule has 0 radical (unpaired) electrons. The van der Waals surface area contributed by atoms with Crippen molar-refractivity contribution in [2.24, 2.45) is 5.92 Å². The zero-order chi connectivity index (χ0) is 30.1. The zero-order valence-electron chi connectivity index (χ0n) is 25.8. The first kappa shape index (κ1) is 32.9. The van der Waals surface area contributed by atoms with Gasteiger partial charge < -0.3 is 20.3 Å². The Kier molecular flexibility index (Phi) is 11.8. The molecule has 0 aliphatic rings. The third-order valence-corrected chi connectivity index (χ3v) is 7.43. The van der Waals surface area contributed by atoms with Gasteiger partial charge in [0.2, 0.25) is 11.8 Å². The van der Waals surface area contributed by atoms with Gasteiger partial charge in [-0.15, -0.1) is 0 Å². The Bertz CT molecular complexity index is 1110. The molecule has 7 heteroatoms. The molecule has 220 valence electrons. The molecule has 0 heterocycles. The SMILES string of the molecule is CCc1ccc(C(C(=O)NCc2ccccc2)N(C(=O)C(NC(=O)OC(C)(C)C)C(C)CC)C(C)(C)CC)cc1. The summed E-state index contributed by atoms with van der Waals surface area (Å²) < 4.78 is 5.51. The van der Waals surface area contributed by atoms with E-state index in [-0.39, 0.29) is 17.7 Å². The van der Waals surface area contributed by atoms with Crippen LogP contribution >= 0.6 is 0 Å². The summed E-state index contributed by atoms with van der Waals surface area (Å²) in [6.07, 6.45) is 1.47. The van der Waals surface area contributed by atoms with Crippen molar-refractivity contribution in [3.8, 4) is 0 Å². The first-order chi connectivity index (χ1) is 18.7. The smallest absolute Gasteiger partial charge is 0.408 e. The number of nitrogens with zero attached hydrogens (tertiary/aromatic N) is 1. The molecule has 0 saturated carbocycles. The number of rotatable bonds is 12. The van der Waals surface area contributed by atoms with Crippen molar-refractivity contribution in [1.82, 2.24) is 15.5 Å². The minimum absolute atomic E-state index is 0.189. The highest BCUT2D eigenvalue weighted by atomic mass is 16.6. The Hall–Kier alpha value is -3.35. The van der Waals surface area contributed by atoms with E-state index in [0.29, 0.717) is 19.4 Å². The molecule has 40 heavy (non-hydrogen) atoms. The van der Waals surface area contributed by atoms with Gasteiger partial charge in [0.1, 0.15) is 17.7 Å². The van der Waals surface area contributed by atoms with E-state index in [4.69, 9.17) is 4.74 Å². The Morgan fingerprint density at radius 1 is 0.875 bits per heavy atom. The number of hydrogen-bond donors (Lipinski definition) is 2. The van der Waals surface area contributed by atoms with Gasteiger partial charge in [-0.1, -0.05) is 88.7 Å². The van der Waals surface area contributed by atoms with Crippen LogP contribution in [-0.4, -0.2) is 40.0 Å². The highest BCUT2D eigenvalue weighted by Crippen LogP contribution is 2.33. The van der Waals surface area contributed by atoms with Gasteiger partial charge in [0.05, 0.1) is 0 Å². The maximum atomic E-state index is 14.5. The highest BCUT2D eigenvalue weighted by Gasteiger charge is 2.44.